The number of hydrogen-bond acceptors (Lipinski definition) is 3. The number of rotatable bonds is 4. The van der Waals surface area contributed by atoms with Gasteiger partial charge in [0.2, 0.25) is 15.9 Å². The molecule has 0 radical (unpaired) electrons. The van der Waals surface area contributed by atoms with E-state index in [9.17, 15) is 13.2 Å². The largest absolute Gasteiger partial charge is 0.341 e. The number of hydrogen-bond donors (Lipinski definition) is 1. The van der Waals surface area contributed by atoms with Gasteiger partial charge in [-0.2, -0.15) is 0 Å². The molecular formula is C21H30N2O3S. The third-order valence-electron chi connectivity index (χ3n) is 6.69. The Kier molecular flexibility index (Phi) is 5.55. The normalized spacial score (nSPS) is 25.6. The number of amides is 1. The molecule has 0 bridgehead atoms. The minimum absolute atomic E-state index is 0.0967. The smallest absolute Gasteiger partial charge is 0.241 e. The van der Waals surface area contributed by atoms with Gasteiger partial charge in [-0.1, -0.05) is 25.3 Å². The second kappa shape index (κ2) is 7.92. The van der Waals surface area contributed by atoms with E-state index in [1.807, 2.05) is 11.0 Å². The van der Waals surface area contributed by atoms with Crippen molar-refractivity contribution in [1.82, 2.24) is 9.62 Å². The summed E-state index contributed by atoms with van der Waals surface area (Å²) in [6.07, 6.45) is 10.4. The lowest BCUT2D eigenvalue weighted by Crippen LogP contribution is -2.48. The van der Waals surface area contributed by atoms with Gasteiger partial charge in [-0.25, -0.2) is 13.1 Å². The fourth-order valence-electron chi connectivity index (χ4n) is 5.06. The molecule has 1 saturated carbocycles. The number of aryl methyl sites for hydroxylation is 2. The second-order valence-corrected chi connectivity index (χ2v) is 10.2. The zero-order chi connectivity index (χ0) is 18.9. The van der Waals surface area contributed by atoms with E-state index in [0.29, 0.717) is 5.92 Å². The first kappa shape index (κ1) is 18.9. The molecule has 5 nitrogen and oxygen atoms in total. The van der Waals surface area contributed by atoms with Crippen molar-refractivity contribution in [3.63, 3.8) is 0 Å². The molecule has 1 aromatic carbocycles. The third-order valence-corrected chi connectivity index (χ3v) is 8.09. The standard InChI is InChI=1S/C21H30N2O3S/c24-21(23-12-11-17-6-2-4-8-19(17)15-23)14-22-27(25,26)20-10-9-16-5-1-3-7-18(16)13-20/h9-10,13,17,19,22H,1-8,11-12,14-15H2/t17-,19-/m0/s1. The highest BCUT2D eigenvalue weighted by Crippen LogP contribution is 2.36. The molecule has 1 amide bonds. The minimum atomic E-state index is -3.65. The van der Waals surface area contributed by atoms with Crippen molar-refractivity contribution in [1.29, 1.82) is 0 Å². The molecule has 1 aliphatic heterocycles. The molecule has 4 rings (SSSR count). The molecule has 1 N–H and O–H groups in total. The maximum atomic E-state index is 12.7. The van der Waals surface area contributed by atoms with Gasteiger partial charge in [0.1, 0.15) is 0 Å². The van der Waals surface area contributed by atoms with Crippen LogP contribution in [0.3, 0.4) is 0 Å². The monoisotopic (exact) mass is 390 g/mol. The van der Waals surface area contributed by atoms with E-state index in [1.165, 1.54) is 37.7 Å². The number of benzene rings is 1. The molecule has 148 valence electrons. The first-order valence-electron chi connectivity index (χ1n) is 10.4. The molecule has 27 heavy (non-hydrogen) atoms. The Morgan fingerprint density at radius 1 is 1.00 bits per heavy atom. The quantitative estimate of drug-likeness (QED) is 0.860. The fraction of sp³-hybridized carbons (Fsp3) is 0.667. The van der Waals surface area contributed by atoms with Gasteiger partial charge in [0.05, 0.1) is 11.4 Å². The number of nitrogens with one attached hydrogen (secondary N) is 1. The summed E-state index contributed by atoms with van der Waals surface area (Å²) in [5.74, 6) is 1.27. The Hall–Kier alpha value is -1.40. The van der Waals surface area contributed by atoms with Crippen molar-refractivity contribution in [2.75, 3.05) is 19.6 Å². The maximum Gasteiger partial charge on any atom is 0.241 e. The lowest BCUT2D eigenvalue weighted by molar-refractivity contribution is -0.133. The lowest BCUT2D eigenvalue weighted by Gasteiger charge is -2.41. The zero-order valence-corrected chi connectivity index (χ0v) is 16.8. The Bertz CT molecular complexity index is 806. The summed E-state index contributed by atoms with van der Waals surface area (Å²) >= 11 is 0. The number of sulfonamides is 1. The van der Waals surface area contributed by atoms with Gasteiger partial charge in [-0.05, 0) is 73.6 Å². The number of nitrogens with zero attached hydrogens (tertiary/aromatic N) is 1. The fourth-order valence-corrected chi connectivity index (χ4v) is 6.08. The van der Waals surface area contributed by atoms with Crippen LogP contribution in [0.4, 0.5) is 0 Å². The van der Waals surface area contributed by atoms with Crippen LogP contribution >= 0.6 is 0 Å². The van der Waals surface area contributed by atoms with E-state index in [1.54, 1.807) is 12.1 Å². The van der Waals surface area contributed by atoms with Crippen LogP contribution in [0, 0.1) is 11.8 Å². The van der Waals surface area contributed by atoms with E-state index >= 15 is 0 Å². The molecule has 6 heteroatoms. The Morgan fingerprint density at radius 2 is 1.74 bits per heavy atom. The summed E-state index contributed by atoms with van der Waals surface area (Å²) in [5.41, 5.74) is 2.39. The Morgan fingerprint density at radius 3 is 2.56 bits per heavy atom. The molecule has 2 aliphatic carbocycles. The molecular weight excluding hydrogens is 360 g/mol. The van der Waals surface area contributed by atoms with Crippen LogP contribution < -0.4 is 4.72 Å². The molecule has 2 atom stereocenters. The predicted octanol–water partition coefficient (Wildman–Crippen LogP) is 2.88. The summed E-state index contributed by atoms with van der Waals surface area (Å²) in [5, 5.41) is 0. The molecule has 1 aromatic rings. The van der Waals surface area contributed by atoms with E-state index in [4.69, 9.17) is 0 Å². The molecule has 2 fully saturated rings. The first-order chi connectivity index (χ1) is 13.0. The van der Waals surface area contributed by atoms with Crippen LogP contribution in [0.15, 0.2) is 23.1 Å². The molecule has 0 spiro atoms. The number of piperidine rings is 1. The maximum absolute atomic E-state index is 12.7. The molecule has 0 aromatic heterocycles. The molecule has 1 heterocycles. The molecule has 1 saturated heterocycles. The van der Waals surface area contributed by atoms with Crippen molar-refractivity contribution < 1.29 is 13.2 Å². The number of fused-ring (bicyclic) bond motifs is 2. The van der Waals surface area contributed by atoms with Gasteiger partial charge in [-0.3, -0.25) is 4.79 Å². The minimum Gasteiger partial charge on any atom is -0.341 e. The second-order valence-electron chi connectivity index (χ2n) is 8.40. The van der Waals surface area contributed by atoms with Crippen LogP contribution in [0.25, 0.3) is 0 Å². The van der Waals surface area contributed by atoms with Gasteiger partial charge < -0.3 is 4.90 Å². The Balaban J connectivity index is 1.36. The van der Waals surface area contributed by atoms with Crippen LogP contribution in [0.2, 0.25) is 0 Å². The molecule has 3 aliphatic rings. The summed E-state index contributed by atoms with van der Waals surface area (Å²) in [7, 11) is -3.65. The van der Waals surface area contributed by atoms with Gasteiger partial charge >= 0.3 is 0 Å². The lowest BCUT2D eigenvalue weighted by atomic mass is 9.75. The summed E-state index contributed by atoms with van der Waals surface area (Å²) in [4.78, 5) is 14.7. The molecule has 0 unspecified atom stereocenters. The van der Waals surface area contributed by atoms with Crippen LogP contribution in [-0.4, -0.2) is 38.9 Å². The highest BCUT2D eigenvalue weighted by atomic mass is 32.2. The first-order valence-corrected chi connectivity index (χ1v) is 11.9. The van der Waals surface area contributed by atoms with Crippen LogP contribution in [0.1, 0.15) is 56.1 Å². The topological polar surface area (TPSA) is 66.5 Å². The van der Waals surface area contributed by atoms with Gasteiger partial charge in [0.25, 0.3) is 0 Å². The van der Waals surface area contributed by atoms with Crippen molar-refractivity contribution >= 4 is 15.9 Å². The average Bonchev–Trinajstić information content (AvgIpc) is 2.71. The van der Waals surface area contributed by atoms with Crippen molar-refractivity contribution in [3.05, 3.63) is 29.3 Å². The Labute approximate surface area is 162 Å². The highest BCUT2D eigenvalue weighted by molar-refractivity contribution is 7.89. The van der Waals surface area contributed by atoms with E-state index in [2.05, 4.69) is 4.72 Å². The summed E-state index contributed by atoms with van der Waals surface area (Å²) in [6.45, 7) is 1.42. The van der Waals surface area contributed by atoms with E-state index in [-0.39, 0.29) is 17.3 Å². The van der Waals surface area contributed by atoms with Crippen molar-refractivity contribution in [2.24, 2.45) is 11.8 Å². The SMILES string of the molecule is O=C(CNS(=O)(=O)c1ccc2c(c1)CCCC2)N1CC[C@@H]2CCCC[C@H]2C1. The summed E-state index contributed by atoms with van der Waals surface area (Å²) in [6, 6.07) is 5.39. The van der Waals surface area contributed by atoms with Gasteiger partial charge in [0, 0.05) is 13.1 Å². The van der Waals surface area contributed by atoms with E-state index in [0.717, 1.165) is 50.3 Å². The van der Waals surface area contributed by atoms with Crippen molar-refractivity contribution in [3.8, 4) is 0 Å². The van der Waals surface area contributed by atoms with Crippen molar-refractivity contribution in [2.45, 2.75) is 62.7 Å². The highest BCUT2D eigenvalue weighted by Gasteiger charge is 2.33. The predicted molar refractivity (Wildman–Crippen MR) is 105 cm³/mol. The zero-order valence-electron chi connectivity index (χ0n) is 16.0. The number of likely N-dealkylation sites (tertiary alicyclic amines) is 1. The van der Waals surface area contributed by atoms with Gasteiger partial charge in [0.15, 0.2) is 0 Å². The van der Waals surface area contributed by atoms with Gasteiger partial charge in [-0.15, -0.1) is 0 Å². The number of carbonyl (C=O) groups is 1. The summed E-state index contributed by atoms with van der Waals surface area (Å²) < 4.78 is 27.8. The number of carbonyl (C=O) groups excluding carboxylic acids is 1. The van der Waals surface area contributed by atoms with Crippen LogP contribution in [0.5, 0.6) is 0 Å². The van der Waals surface area contributed by atoms with E-state index < -0.39 is 10.0 Å². The average molecular weight is 391 g/mol. The van der Waals surface area contributed by atoms with Crippen LogP contribution in [-0.2, 0) is 27.7 Å². The third kappa shape index (κ3) is 4.21.